The van der Waals surface area contributed by atoms with Gasteiger partial charge < -0.3 is 9.84 Å². The highest BCUT2D eigenvalue weighted by Crippen LogP contribution is 2.32. The molecule has 7 nitrogen and oxygen atoms in total. The van der Waals surface area contributed by atoms with Crippen LogP contribution in [0.2, 0.25) is 0 Å². The smallest absolute Gasteiger partial charge is 0.311 e. The molecule has 0 aliphatic carbocycles. The third-order valence-electron chi connectivity index (χ3n) is 2.21. The van der Waals surface area contributed by atoms with Crippen molar-refractivity contribution in [3.8, 4) is 11.8 Å². The van der Waals surface area contributed by atoms with Crippen LogP contribution in [0.1, 0.15) is 18.1 Å². The summed E-state index contributed by atoms with van der Waals surface area (Å²) in [5, 5.41) is 29.2. The topological polar surface area (TPSA) is 113 Å². The van der Waals surface area contributed by atoms with Crippen LogP contribution in [0.15, 0.2) is 12.1 Å². The van der Waals surface area contributed by atoms with Gasteiger partial charge in [0.25, 0.3) is 0 Å². The molecule has 0 fully saturated rings. The molecule has 94 valence electrons. The van der Waals surface area contributed by atoms with E-state index in [1.165, 1.54) is 6.07 Å². The summed E-state index contributed by atoms with van der Waals surface area (Å²) in [5.41, 5.74) is -0.635. The third-order valence-corrected chi connectivity index (χ3v) is 2.21. The number of carbonyl (C=O) groups is 1. The zero-order valence-electron chi connectivity index (χ0n) is 9.54. The van der Waals surface area contributed by atoms with Gasteiger partial charge >= 0.3 is 11.7 Å². The van der Waals surface area contributed by atoms with Gasteiger partial charge in [-0.3, -0.25) is 14.9 Å². The number of ether oxygens (including phenoxy) is 1. The first-order valence-electron chi connectivity index (χ1n) is 5.06. The van der Waals surface area contributed by atoms with Crippen LogP contribution in [0.5, 0.6) is 5.75 Å². The molecule has 7 heteroatoms. The fraction of sp³-hybridized carbons (Fsp3) is 0.273. The number of carbonyl (C=O) groups excluding carboxylic acids is 1. The van der Waals surface area contributed by atoms with Crippen molar-refractivity contribution >= 4 is 11.7 Å². The molecule has 0 aliphatic heterocycles. The van der Waals surface area contributed by atoms with Crippen LogP contribution in [0.4, 0.5) is 5.69 Å². The molecule has 0 aromatic heterocycles. The minimum Gasteiger partial charge on any atom is -0.502 e. The molecule has 1 N–H and O–H groups in total. The molecule has 0 bridgehead atoms. The number of nitriles is 1. The summed E-state index contributed by atoms with van der Waals surface area (Å²) in [7, 11) is 0. The highest BCUT2D eigenvalue weighted by Gasteiger charge is 2.22. The first kappa shape index (κ1) is 13.4. The van der Waals surface area contributed by atoms with Crippen molar-refractivity contribution in [3.63, 3.8) is 0 Å². The molecular formula is C11H10N2O5. The molecular weight excluding hydrogens is 240 g/mol. The first-order valence-corrected chi connectivity index (χ1v) is 5.06. The Labute approximate surface area is 102 Å². The average molecular weight is 250 g/mol. The quantitative estimate of drug-likeness (QED) is 0.489. The Balaban J connectivity index is 3.22. The predicted molar refractivity (Wildman–Crippen MR) is 59.8 cm³/mol. The SMILES string of the molecule is CCOC(=O)Cc1c(C#N)ccc([N+](=O)[O-])c1O. The Morgan fingerprint density at radius 3 is 2.78 bits per heavy atom. The summed E-state index contributed by atoms with van der Waals surface area (Å²) in [5.74, 6) is -1.34. The number of nitro groups is 1. The standard InChI is InChI=1S/C11H10N2O5/c1-2-18-10(14)5-8-7(6-12)3-4-9(11(8)15)13(16)17/h3-4,15H,2,5H2,1H3. The molecule has 0 amide bonds. The van der Waals surface area contributed by atoms with Gasteiger partial charge in [-0.05, 0) is 13.0 Å². The number of hydrogen-bond acceptors (Lipinski definition) is 6. The van der Waals surface area contributed by atoms with E-state index in [1.54, 1.807) is 13.0 Å². The number of benzene rings is 1. The van der Waals surface area contributed by atoms with Gasteiger partial charge in [-0.25, -0.2) is 0 Å². The Kier molecular flexibility index (Phi) is 4.21. The van der Waals surface area contributed by atoms with Gasteiger partial charge in [0.1, 0.15) is 0 Å². The predicted octanol–water partition coefficient (Wildman–Crippen LogP) is 1.28. The minimum atomic E-state index is -0.787. The maximum atomic E-state index is 11.3. The fourth-order valence-corrected chi connectivity index (χ4v) is 1.41. The van der Waals surface area contributed by atoms with E-state index >= 15 is 0 Å². The van der Waals surface area contributed by atoms with Crippen molar-refractivity contribution in [3.05, 3.63) is 33.4 Å². The summed E-state index contributed by atoms with van der Waals surface area (Å²) in [4.78, 5) is 21.1. The zero-order valence-corrected chi connectivity index (χ0v) is 9.54. The van der Waals surface area contributed by atoms with E-state index in [-0.39, 0.29) is 24.2 Å². The Morgan fingerprint density at radius 2 is 2.28 bits per heavy atom. The first-order chi connectivity index (χ1) is 8.51. The van der Waals surface area contributed by atoms with E-state index < -0.39 is 22.3 Å². The largest absolute Gasteiger partial charge is 0.502 e. The molecule has 0 heterocycles. The highest BCUT2D eigenvalue weighted by molar-refractivity contribution is 5.76. The van der Waals surface area contributed by atoms with Gasteiger partial charge in [0.05, 0.1) is 29.6 Å². The second kappa shape index (κ2) is 5.63. The van der Waals surface area contributed by atoms with Crippen LogP contribution >= 0.6 is 0 Å². The fourth-order valence-electron chi connectivity index (χ4n) is 1.41. The maximum absolute atomic E-state index is 11.3. The number of aromatic hydroxyl groups is 1. The van der Waals surface area contributed by atoms with E-state index in [1.807, 2.05) is 0 Å². The number of nitro benzene ring substituents is 1. The van der Waals surface area contributed by atoms with Gasteiger partial charge in [-0.1, -0.05) is 0 Å². The molecule has 0 radical (unpaired) electrons. The van der Waals surface area contributed by atoms with Crippen LogP contribution < -0.4 is 0 Å². The van der Waals surface area contributed by atoms with E-state index in [9.17, 15) is 20.0 Å². The van der Waals surface area contributed by atoms with Gasteiger partial charge in [0.2, 0.25) is 0 Å². The summed E-state index contributed by atoms with van der Waals surface area (Å²) >= 11 is 0. The van der Waals surface area contributed by atoms with Gasteiger partial charge in [-0.15, -0.1) is 0 Å². The Bertz CT molecular complexity index is 533. The summed E-state index contributed by atoms with van der Waals surface area (Å²) in [6, 6.07) is 3.96. The summed E-state index contributed by atoms with van der Waals surface area (Å²) in [6.45, 7) is 1.76. The minimum absolute atomic E-state index is 0.00570. The molecule has 0 saturated carbocycles. The van der Waals surface area contributed by atoms with Crippen molar-refractivity contribution in [1.82, 2.24) is 0 Å². The van der Waals surface area contributed by atoms with Crippen molar-refractivity contribution in [1.29, 1.82) is 5.26 Å². The lowest BCUT2D eigenvalue weighted by atomic mass is 10.0. The van der Waals surface area contributed by atoms with E-state index in [0.717, 1.165) is 6.07 Å². The second-order valence-electron chi connectivity index (χ2n) is 3.31. The Hall–Kier alpha value is -2.62. The van der Waals surface area contributed by atoms with Crippen LogP contribution in [0, 0.1) is 21.4 Å². The number of nitrogens with zero attached hydrogens (tertiary/aromatic N) is 2. The number of hydrogen-bond donors (Lipinski definition) is 1. The highest BCUT2D eigenvalue weighted by atomic mass is 16.6. The normalized spacial score (nSPS) is 9.56. The molecule has 0 spiro atoms. The van der Waals surface area contributed by atoms with Crippen molar-refractivity contribution in [2.24, 2.45) is 0 Å². The molecule has 0 saturated heterocycles. The van der Waals surface area contributed by atoms with Gasteiger partial charge in [0, 0.05) is 11.6 Å². The second-order valence-corrected chi connectivity index (χ2v) is 3.31. The monoisotopic (exact) mass is 250 g/mol. The summed E-state index contributed by atoms with van der Waals surface area (Å²) < 4.78 is 4.67. The lowest BCUT2D eigenvalue weighted by Crippen LogP contribution is -2.09. The average Bonchev–Trinajstić information content (AvgIpc) is 2.31. The van der Waals surface area contributed by atoms with Crippen molar-refractivity contribution in [2.75, 3.05) is 6.61 Å². The molecule has 1 aromatic rings. The van der Waals surface area contributed by atoms with Crippen LogP contribution in [0.25, 0.3) is 0 Å². The molecule has 1 aromatic carbocycles. The number of phenolic OH excluding ortho intramolecular Hbond substituents is 1. The number of rotatable bonds is 4. The van der Waals surface area contributed by atoms with Gasteiger partial charge in [-0.2, -0.15) is 5.26 Å². The number of phenols is 1. The van der Waals surface area contributed by atoms with E-state index in [0.29, 0.717) is 0 Å². The molecule has 0 unspecified atom stereocenters. The summed E-state index contributed by atoms with van der Waals surface area (Å²) in [6.07, 6.45) is -0.385. The van der Waals surface area contributed by atoms with Crippen LogP contribution in [-0.2, 0) is 16.0 Å². The zero-order chi connectivity index (χ0) is 13.7. The molecule has 0 atom stereocenters. The van der Waals surface area contributed by atoms with Gasteiger partial charge in [0.15, 0.2) is 5.75 Å². The molecule has 0 aliphatic rings. The lowest BCUT2D eigenvalue weighted by Gasteiger charge is -2.06. The van der Waals surface area contributed by atoms with E-state index in [2.05, 4.69) is 4.74 Å². The third kappa shape index (κ3) is 2.74. The van der Waals surface area contributed by atoms with E-state index in [4.69, 9.17) is 5.26 Å². The van der Waals surface area contributed by atoms with Crippen LogP contribution in [-0.4, -0.2) is 22.6 Å². The van der Waals surface area contributed by atoms with Crippen LogP contribution in [0.3, 0.4) is 0 Å². The number of esters is 1. The maximum Gasteiger partial charge on any atom is 0.311 e. The lowest BCUT2D eigenvalue weighted by molar-refractivity contribution is -0.385. The molecule has 1 rings (SSSR count). The Morgan fingerprint density at radius 1 is 1.61 bits per heavy atom. The van der Waals surface area contributed by atoms with Crippen molar-refractivity contribution in [2.45, 2.75) is 13.3 Å². The molecule has 18 heavy (non-hydrogen) atoms. The van der Waals surface area contributed by atoms with Crippen molar-refractivity contribution < 1.29 is 19.6 Å².